The van der Waals surface area contributed by atoms with Crippen molar-refractivity contribution in [3.05, 3.63) is 23.9 Å². The standard InChI is InChI=1S/C15H25N3O2.ClH/c1-5-17(6-2)10-11-18(15(19)20-7-3)14-12-13(4)8-9-16-14;/h8-9,12H,5-7,10-11H2,1-4H3;1H. The van der Waals surface area contributed by atoms with Crippen molar-refractivity contribution in [2.24, 2.45) is 0 Å². The summed E-state index contributed by atoms with van der Waals surface area (Å²) in [6, 6.07) is 3.83. The van der Waals surface area contributed by atoms with Crippen LogP contribution in [0.3, 0.4) is 0 Å². The Kier molecular flexibility index (Phi) is 9.75. The first-order chi connectivity index (χ1) is 9.62. The van der Waals surface area contributed by atoms with Crippen molar-refractivity contribution in [1.82, 2.24) is 4.98 Å². The van der Waals surface area contributed by atoms with Crippen LogP contribution in [0.4, 0.5) is 10.6 Å². The molecule has 0 fully saturated rings. The quantitative estimate of drug-likeness (QED) is 0.651. The Morgan fingerprint density at radius 1 is 1.33 bits per heavy atom. The van der Waals surface area contributed by atoms with E-state index in [1.54, 1.807) is 11.1 Å². The van der Waals surface area contributed by atoms with Crippen molar-refractivity contribution in [1.29, 1.82) is 0 Å². The predicted octanol–water partition coefficient (Wildman–Crippen LogP) is -1.72. The SMILES string of the molecule is CCOC(=O)N(CC[NH+](CC)CC)c1cc(C)ccn1.[Cl-]. The highest BCUT2D eigenvalue weighted by Gasteiger charge is 2.19. The van der Waals surface area contributed by atoms with Crippen LogP contribution < -0.4 is 22.2 Å². The summed E-state index contributed by atoms with van der Waals surface area (Å²) >= 11 is 0. The van der Waals surface area contributed by atoms with Crippen LogP contribution in [0.25, 0.3) is 0 Å². The third-order valence-corrected chi connectivity index (χ3v) is 3.35. The van der Waals surface area contributed by atoms with Crippen molar-refractivity contribution in [2.45, 2.75) is 27.7 Å². The zero-order chi connectivity index (χ0) is 15.0. The molecule has 5 nitrogen and oxygen atoms in total. The van der Waals surface area contributed by atoms with Gasteiger partial charge in [-0.2, -0.15) is 0 Å². The van der Waals surface area contributed by atoms with Gasteiger partial charge in [0.05, 0.1) is 32.8 Å². The maximum atomic E-state index is 12.1. The summed E-state index contributed by atoms with van der Waals surface area (Å²) in [7, 11) is 0. The summed E-state index contributed by atoms with van der Waals surface area (Å²) in [6.07, 6.45) is 1.40. The molecular formula is C15H26ClN3O2. The number of carbonyl (C=O) groups excluding carboxylic acids is 1. The van der Waals surface area contributed by atoms with Gasteiger partial charge in [0.25, 0.3) is 0 Å². The van der Waals surface area contributed by atoms with Gasteiger partial charge < -0.3 is 22.0 Å². The summed E-state index contributed by atoms with van der Waals surface area (Å²) in [5, 5.41) is 0. The van der Waals surface area contributed by atoms with Crippen molar-refractivity contribution in [2.75, 3.05) is 37.7 Å². The Morgan fingerprint density at radius 2 is 2.00 bits per heavy atom. The van der Waals surface area contributed by atoms with Gasteiger partial charge >= 0.3 is 6.09 Å². The summed E-state index contributed by atoms with van der Waals surface area (Å²) in [4.78, 5) is 19.5. The van der Waals surface area contributed by atoms with Gasteiger partial charge in [0.15, 0.2) is 0 Å². The van der Waals surface area contributed by atoms with Crippen LogP contribution in [0.2, 0.25) is 0 Å². The second-order valence-corrected chi connectivity index (χ2v) is 4.75. The van der Waals surface area contributed by atoms with E-state index in [4.69, 9.17) is 4.74 Å². The number of nitrogens with zero attached hydrogens (tertiary/aromatic N) is 2. The third-order valence-electron chi connectivity index (χ3n) is 3.35. The van der Waals surface area contributed by atoms with Gasteiger partial charge in [0.1, 0.15) is 5.82 Å². The fourth-order valence-corrected chi connectivity index (χ4v) is 2.04. The number of hydrogen-bond acceptors (Lipinski definition) is 3. The van der Waals surface area contributed by atoms with Gasteiger partial charge in [-0.1, -0.05) is 0 Å². The molecule has 1 aromatic heterocycles. The molecule has 6 heteroatoms. The molecule has 0 saturated heterocycles. The van der Waals surface area contributed by atoms with Crippen LogP contribution in [0, 0.1) is 6.92 Å². The zero-order valence-corrected chi connectivity index (χ0v) is 14.1. The van der Waals surface area contributed by atoms with Crippen molar-refractivity contribution >= 4 is 11.9 Å². The largest absolute Gasteiger partial charge is 1.00 e. The van der Waals surface area contributed by atoms with E-state index in [0.717, 1.165) is 25.2 Å². The second-order valence-electron chi connectivity index (χ2n) is 4.75. The van der Waals surface area contributed by atoms with Gasteiger partial charge in [-0.05, 0) is 45.4 Å². The number of rotatable bonds is 7. The molecule has 1 heterocycles. The Hall–Kier alpha value is -1.33. The number of hydrogen-bond donors (Lipinski definition) is 1. The number of quaternary nitrogens is 1. The van der Waals surface area contributed by atoms with E-state index < -0.39 is 0 Å². The smallest absolute Gasteiger partial charge is 0.415 e. The normalized spacial score (nSPS) is 10.1. The minimum Gasteiger partial charge on any atom is -1.00 e. The zero-order valence-electron chi connectivity index (χ0n) is 13.4. The molecule has 0 aliphatic heterocycles. The number of anilines is 1. The fraction of sp³-hybridized carbons (Fsp3) is 0.600. The summed E-state index contributed by atoms with van der Waals surface area (Å²) in [6.45, 7) is 12.1. The molecule has 0 radical (unpaired) electrons. The van der Waals surface area contributed by atoms with E-state index in [2.05, 4.69) is 18.8 Å². The maximum absolute atomic E-state index is 12.1. The maximum Gasteiger partial charge on any atom is 0.415 e. The molecule has 1 N–H and O–H groups in total. The molecule has 0 bridgehead atoms. The van der Waals surface area contributed by atoms with Crippen LogP contribution >= 0.6 is 0 Å². The number of carbonyl (C=O) groups is 1. The average molecular weight is 316 g/mol. The average Bonchev–Trinajstić information content (AvgIpc) is 2.44. The van der Waals surface area contributed by atoms with Crippen LogP contribution in [0.5, 0.6) is 0 Å². The molecule has 0 spiro atoms. The Labute approximate surface area is 133 Å². The van der Waals surface area contributed by atoms with Crippen molar-refractivity contribution in [3.63, 3.8) is 0 Å². The number of halogens is 1. The molecule has 0 aromatic carbocycles. The topological polar surface area (TPSA) is 46.9 Å². The number of nitrogens with one attached hydrogen (secondary N) is 1. The molecule has 1 rings (SSSR count). The lowest BCUT2D eigenvalue weighted by Gasteiger charge is -2.23. The summed E-state index contributed by atoms with van der Waals surface area (Å²) in [5.41, 5.74) is 1.08. The fourth-order valence-electron chi connectivity index (χ4n) is 2.04. The van der Waals surface area contributed by atoms with Gasteiger partial charge in [-0.25, -0.2) is 9.78 Å². The van der Waals surface area contributed by atoms with Gasteiger partial charge in [-0.3, -0.25) is 4.90 Å². The first kappa shape index (κ1) is 19.7. The van der Waals surface area contributed by atoms with E-state index in [1.807, 2.05) is 26.0 Å². The van der Waals surface area contributed by atoms with Crippen LogP contribution in [-0.2, 0) is 4.74 Å². The highest BCUT2D eigenvalue weighted by Crippen LogP contribution is 2.12. The van der Waals surface area contributed by atoms with E-state index in [-0.39, 0.29) is 18.5 Å². The van der Waals surface area contributed by atoms with Gasteiger partial charge in [-0.15, -0.1) is 0 Å². The Morgan fingerprint density at radius 3 is 2.52 bits per heavy atom. The first-order valence-electron chi connectivity index (χ1n) is 7.32. The predicted molar refractivity (Wildman–Crippen MR) is 80.3 cm³/mol. The van der Waals surface area contributed by atoms with Crippen LogP contribution in [0.1, 0.15) is 26.3 Å². The van der Waals surface area contributed by atoms with Crippen molar-refractivity contribution < 1.29 is 26.8 Å². The minimum atomic E-state index is -0.322. The molecule has 0 aliphatic rings. The molecule has 0 saturated carbocycles. The molecular weight excluding hydrogens is 290 g/mol. The number of likely N-dealkylation sites (N-methyl/N-ethyl adjacent to an activating group) is 1. The first-order valence-corrected chi connectivity index (χ1v) is 7.32. The molecule has 0 aliphatic carbocycles. The number of amides is 1. The number of aryl methyl sites for hydroxylation is 1. The van der Waals surface area contributed by atoms with Gasteiger partial charge in [0.2, 0.25) is 0 Å². The third kappa shape index (κ3) is 6.31. The number of pyridine rings is 1. The van der Waals surface area contributed by atoms with Crippen LogP contribution in [-0.4, -0.2) is 43.9 Å². The lowest BCUT2D eigenvalue weighted by molar-refractivity contribution is -0.894. The molecule has 1 amide bonds. The molecule has 1 aromatic rings. The van der Waals surface area contributed by atoms with E-state index >= 15 is 0 Å². The summed E-state index contributed by atoms with van der Waals surface area (Å²) in [5.74, 6) is 0.662. The monoisotopic (exact) mass is 315 g/mol. The Balaban J connectivity index is 0.00000400. The molecule has 120 valence electrons. The van der Waals surface area contributed by atoms with Gasteiger partial charge in [0, 0.05) is 6.20 Å². The second kappa shape index (κ2) is 10.4. The molecule has 0 atom stereocenters. The minimum absolute atomic E-state index is 0. The van der Waals surface area contributed by atoms with E-state index in [1.165, 1.54) is 4.90 Å². The van der Waals surface area contributed by atoms with Crippen molar-refractivity contribution in [3.8, 4) is 0 Å². The summed E-state index contributed by atoms with van der Waals surface area (Å²) < 4.78 is 5.14. The number of aromatic nitrogens is 1. The lowest BCUT2D eigenvalue weighted by atomic mass is 10.3. The van der Waals surface area contributed by atoms with E-state index in [9.17, 15) is 4.79 Å². The van der Waals surface area contributed by atoms with E-state index in [0.29, 0.717) is 19.0 Å². The molecule has 21 heavy (non-hydrogen) atoms. The number of ether oxygens (including phenoxy) is 1. The highest BCUT2D eigenvalue weighted by atomic mass is 35.5. The lowest BCUT2D eigenvalue weighted by Crippen LogP contribution is -3.12. The Bertz CT molecular complexity index is 425. The molecule has 0 unspecified atom stereocenters. The highest BCUT2D eigenvalue weighted by molar-refractivity contribution is 5.86. The van der Waals surface area contributed by atoms with Crippen LogP contribution in [0.15, 0.2) is 18.3 Å².